The summed E-state index contributed by atoms with van der Waals surface area (Å²) in [4.78, 5) is 29.9. The van der Waals surface area contributed by atoms with Gasteiger partial charge >= 0.3 is 0 Å². The minimum Gasteiger partial charge on any atom is -0.339 e. The maximum absolute atomic E-state index is 12.4. The highest BCUT2D eigenvalue weighted by molar-refractivity contribution is 5.79. The molecule has 0 aromatic heterocycles. The SMILES string of the molecule is CC.CCN1CCC(C(=O)N2CCN(C(C)=O)CC2)CC1. The number of nitrogens with zero attached hydrogens (tertiary/aromatic N) is 3. The number of likely N-dealkylation sites (tertiary alicyclic amines) is 1. The van der Waals surface area contributed by atoms with Crippen molar-refractivity contribution >= 4 is 11.8 Å². The van der Waals surface area contributed by atoms with Crippen LogP contribution in [0.2, 0.25) is 0 Å². The summed E-state index contributed by atoms with van der Waals surface area (Å²) in [6.07, 6.45) is 1.97. The van der Waals surface area contributed by atoms with Gasteiger partial charge in [0.2, 0.25) is 11.8 Å². The molecule has 0 unspecified atom stereocenters. The quantitative estimate of drug-likeness (QED) is 0.774. The summed E-state index contributed by atoms with van der Waals surface area (Å²) in [5.41, 5.74) is 0. The fourth-order valence-electron chi connectivity index (χ4n) is 3.00. The summed E-state index contributed by atoms with van der Waals surface area (Å²) in [6, 6.07) is 0. The van der Waals surface area contributed by atoms with E-state index in [1.807, 2.05) is 23.6 Å². The lowest BCUT2D eigenvalue weighted by Gasteiger charge is -2.38. The Balaban J connectivity index is 0.00000106. The molecule has 2 fully saturated rings. The Bertz CT molecular complexity index is 330. The molecule has 2 saturated heterocycles. The second-order valence-electron chi connectivity index (χ2n) is 5.54. The summed E-state index contributed by atoms with van der Waals surface area (Å²) in [5, 5.41) is 0. The monoisotopic (exact) mass is 297 g/mol. The number of piperidine rings is 1. The molecule has 2 amide bonds. The Morgan fingerprint density at radius 1 is 0.905 bits per heavy atom. The molecule has 0 spiro atoms. The highest BCUT2D eigenvalue weighted by atomic mass is 16.2. The zero-order valence-corrected chi connectivity index (χ0v) is 14.1. The van der Waals surface area contributed by atoms with Gasteiger partial charge in [-0.2, -0.15) is 0 Å². The van der Waals surface area contributed by atoms with Gasteiger partial charge in [0.1, 0.15) is 0 Å². The van der Waals surface area contributed by atoms with Gasteiger partial charge < -0.3 is 14.7 Å². The van der Waals surface area contributed by atoms with E-state index in [-0.39, 0.29) is 11.8 Å². The third-order valence-corrected chi connectivity index (χ3v) is 4.42. The van der Waals surface area contributed by atoms with Crippen molar-refractivity contribution in [2.75, 3.05) is 45.8 Å². The normalized spacial score (nSPS) is 20.8. The molecule has 2 aliphatic heterocycles. The summed E-state index contributed by atoms with van der Waals surface area (Å²) < 4.78 is 0. The van der Waals surface area contributed by atoms with Gasteiger partial charge in [0, 0.05) is 39.0 Å². The molecule has 0 atom stereocenters. The average molecular weight is 297 g/mol. The molecule has 2 aliphatic rings. The Morgan fingerprint density at radius 3 is 1.81 bits per heavy atom. The largest absolute Gasteiger partial charge is 0.339 e. The fourth-order valence-corrected chi connectivity index (χ4v) is 3.00. The molecule has 0 aromatic carbocycles. The van der Waals surface area contributed by atoms with Crippen LogP contribution >= 0.6 is 0 Å². The first-order valence-corrected chi connectivity index (χ1v) is 8.38. The van der Waals surface area contributed by atoms with Crippen molar-refractivity contribution in [1.29, 1.82) is 0 Å². The van der Waals surface area contributed by atoms with Gasteiger partial charge in [0.25, 0.3) is 0 Å². The number of hydrogen-bond donors (Lipinski definition) is 0. The minimum atomic E-state index is 0.114. The van der Waals surface area contributed by atoms with Crippen molar-refractivity contribution < 1.29 is 9.59 Å². The van der Waals surface area contributed by atoms with Crippen LogP contribution in [0.3, 0.4) is 0 Å². The van der Waals surface area contributed by atoms with Crippen molar-refractivity contribution in [2.24, 2.45) is 5.92 Å². The molecule has 0 aliphatic carbocycles. The van der Waals surface area contributed by atoms with Crippen LogP contribution in [0.5, 0.6) is 0 Å². The Hall–Kier alpha value is -1.10. The van der Waals surface area contributed by atoms with Crippen LogP contribution in [0.15, 0.2) is 0 Å². The summed E-state index contributed by atoms with van der Waals surface area (Å²) in [7, 11) is 0. The molecule has 5 nitrogen and oxygen atoms in total. The minimum absolute atomic E-state index is 0.114. The molecule has 0 bridgehead atoms. The summed E-state index contributed by atoms with van der Waals surface area (Å²) in [6.45, 7) is 13.7. The third-order valence-electron chi connectivity index (χ3n) is 4.42. The maximum atomic E-state index is 12.4. The van der Waals surface area contributed by atoms with Crippen LogP contribution in [-0.2, 0) is 9.59 Å². The second-order valence-corrected chi connectivity index (χ2v) is 5.54. The second kappa shape index (κ2) is 9.03. The van der Waals surface area contributed by atoms with Crippen molar-refractivity contribution in [1.82, 2.24) is 14.7 Å². The first-order valence-electron chi connectivity index (χ1n) is 8.38. The smallest absolute Gasteiger partial charge is 0.225 e. The molecule has 0 radical (unpaired) electrons. The van der Waals surface area contributed by atoms with Gasteiger partial charge in [-0.3, -0.25) is 9.59 Å². The van der Waals surface area contributed by atoms with E-state index in [0.717, 1.165) is 32.5 Å². The Kier molecular flexibility index (Phi) is 7.72. The van der Waals surface area contributed by atoms with Crippen LogP contribution in [0, 0.1) is 5.92 Å². The molecule has 0 N–H and O–H groups in total. The van der Waals surface area contributed by atoms with E-state index in [4.69, 9.17) is 0 Å². The first kappa shape index (κ1) is 18.0. The molecule has 0 aromatic rings. The zero-order chi connectivity index (χ0) is 15.8. The first-order chi connectivity index (χ1) is 10.1. The van der Waals surface area contributed by atoms with Crippen LogP contribution in [-0.4, -0.2) is 72.3 Å². The molecule has 122 valence electrons. The van der Waals surface area contributed by atoms with E-state index in [1.54, 1.807) is 6.92 Å². The van der Waals surface area contributed by atoms with Crippen molar-refractivity contribution in [3.8, 4) is 0 Å². The van der Waals surface area contributed by atoms with E-state index >= 15 is 0 Å². The number of carbonyl (C=O) groups excluding carboxylic acids is 2. The van der Waals surface area contributed by atoms with Gasteiger partial charge in [-0.1, -0.05) is 20.8 Å². The van der Waals surface area contributed by atoms with Crippen LogP contribution in [0.25, 0.3) is 0 Å². The maximum Gasteiger partial charge on any atom is 0.225 e. The number of carbonyl (C=O) groups is 2. The van der Waals surface area contributed by atoms with Crippen molar-refractivity contribution in [3.05, 3.63) is 0 Å². The van der Waals surface area contributed by atoms with E-state index in [0.29, 0.717) is 32.1 Å². The summed E-state index contributed by atoms with van der Waals surface area (Å²) in [5.74, 6) is 0.619. The van der Waals surface area contributed by atoms with E-state index in [1.165, 1.54) is 0 Å². The van der Waals surface area contributed by atoms with Crippen LogP contribution in [0.4, 0.5) is 0 Å². The van der Waals surface area contributed by atoms with Gasteiger partial charge in [-0.25, -0.2) is 0 Å². The van der Waals surface area contributed by atoms with Crippen LogP contribution < -0.4 is 0 Å². The summed E-state index contributed by atoms with van der Waals surface area (Å²) >= 11 is 0. The lowest BCUT2D eigenvalue weighted by atomic mass is 9.95. The molecule has 0 saturated carbocycles. The van der Waals surface area contributed by atoms with Crippen molar-refractivity contribution in [2.45, 2.75) is 40.5 Å². The molecular weight excluding hydrogens is 266 g/mol. The fraction of sp³-hybridized carbons (Fsp3) is 0.875. The Labute approximate surface area is 129 Å². The molecular formula is C16H31N3O2. The van der Waals surface area contributed by atoms with E-state index in [2.05, 4.69) is 11.8 Å². The highest BCUT2D eigenvalue weighted by Gasteiger charge is 2.30. The standard InChI is InChI=1S/C14H25N3O2.C2H6/c1-3-15-6-4-13(5-7-15)14(19)17-10-8-16(9-11-17)12(2)18;1-2/h13H,3-11H2,1-2H3;1-2H3. The van der Waals surface area contributed by atoms with Crippen LogP contribution in [0.1, 0.15) is 40.5 Å². The van der Waals surface area contributed by atoms with E-state index in [9.17, 15) is 9.59 Å². The highest BCUT2D eigenvalue weighted by Crippen LogP contribution is 2.20. The average Bonchev–Trinajstić information content (AvgIpc) is 2.56. The zero-order valence-electron chi connectivity index (χ0n) is 14.1. The number of hydrogen-bond acceptors (Lipinski definition) is 3. The molecule has 5 heteroatoms. The Morgan fingerprint density at radius 2 is 1.38 bits per heavy atom. The lowest BCUT2D eigenvalue weighted by Crippen LogP contribution is -2.52. The predicted molar refractivity (Wildman–Crippen MR) is 85.0 cm³/mol. The lowest BCUT2D eigenvalue weighted by molar-refractivity contribution is -0.142. The number of piperazine rings is 1. The molecule has 2 rings (SSSR count). The van der Waals surface area contributed by atoms with Gasteiger partial charge in [-0.15, -0.1) is 0 Å². The number of amides is 2. The molecule has 2 heterocycles. The number of rotatable bonds is 2. The van der Waals surface area contributed by atoms with Gasteiger partial charge in [-0.05, 0) is 32.5 Å². The van der Waals surface area contributed by atoms with E-state index < -0.39 is 0 Å². The molecule has 21 heavy (non-hydrogen) atoms. The third kappa shape index (κ3) is 4.99. The topological polar surface area (TPSA) is 43.9 Å². The van der Waals surface area contributed by atoms with Crippen molar-refractivity contribution in [3.63, 3.8) is 0 Å². The predicted octanol–water partition coefficient (Wildman–Crippen LogP) is 1.44. The van der Waals surface area contributed by atoms with Gasteiger partial charge in [0.15, 0.2) is 0 Å². The van der Waals surface area contributed by atoms with Gasteiger partial charge in [0.05, 0.1) is 0 Å².